The van der Waals surface area contributed by atoms with Crippen molar-refractivity contribution in [1.29, 1.82) is 0 Å². The van der Waals surface area contributed by atoms with Gasteiger partial charge in [-0.15, -0.1) is 0 Å². The van der Waals surface area contributed by atoms with Crippen LogP contribution in [0.2, 0.25) is 0 Å². The third kappa shape index (κ3) is 2.79. The van der Waals surface area contributed by atoms with Crippen molar-refractivity contribution in [2.75, 3.05) is 6.79 Å². The predicted octanol–water partition coefficient (Wildman–Crippen LogP) is 3.36. The zero-order valence-corrected chi connectivity index (χ0v) is 12.3. The van der Waals surface area contributed by atoms with Gasteiger partial charge in [0, 0.05) is 5.41 Å². The highest BCUT2D eigenvalue weighted by atomic mass is 16.7. The molecule has 0 saturated carbocycles. The molecule has 1 N–H and O–H groups in total. The first-order valence-electron chi connectivity index (χ1n) is 6.56. The molecule has 0 bridgehead atoms. The number of hydrogen-bond acceptors (Lipinski definition) is 3. The van der Waals surface area contributed by atoms with Crippen LogP contribution in [0.15, 0.2) is 30.4 Å². The lowest BCUT2D eigenvalue weighted by Crippen LogP contribution is -2.22. The van der Waals surface area contributed by atoms with Crippen LogP contribution in [-0.2, 0) is 10.2 Å². The third-order valence-corrected chi connectivity index (χ3v) is 3.58. The van der Waals surface area contributed by atoms with E-state index in [-0.39, 0.29) is 12.2 Å². The van der Waals surface area contributed by atoms with Crippen LogP contribution in [0.1, 0.15) is 33.3 Å². The van der Waals surface area contributed by atoms with Gasteiger partial charge >= 0.3 is 5.97 Å². The summed E-state index contributed by atoms with van der Waals surface area (Å²) in [6.07, 6.45) is 3.67. The molecule has 108 valence electrons. The molecule has 1 heterocycles. The second kappa shape index (κ2) is 4.85. The molecule has 0 amide bonds. The number of carboxylic acids is 1. The number of carboxylic acid groups (broad SMARTS) is 1. The molecule has 1 aromatic carbocycles. The van der Waals surface area contributed by atoms with E-state index < -0.39 is 11.4 Å². The zero-order valence-electron chi connectivity index (χ0n) is 12.3. The van der Waals surface area contributed by atoms with E-state index >= 15 is 0 Å². The fourth-order valence-corrected chi connectivity index (χ4v) is 1.88. The first kappa shape index (κ1) is 14.4. The topological polar surface area (TPSA) is 55.8 Å². The fourth-order valence-electron chi connectivity index (χ4n) is 1.88. The van der Waals surface area contributed by atoms with Crippen molar-refractivity contribution >= 4 is 5.97 Å². The minimum Gasteiger partial charge on any atom is -0.481 e. The van der Waals surface area contributed by atoms with Crippen LogP contribution in [0.25, 0.3) is 0 Å². The SMILES string of the molecule is CC(C)(/C=C/C(C)(C)c1ccc2c(c1)OCO2)C(=O)O. The molecule has 1 aromatic rings. The summed E-state index contributed by atoms with van der Waals surface area (Å²) in [6, 6.07) is 5.81. The summed E-state index contributed by atoms with van der Waals surface area (Å²) in [6.45, 7) is 7.70. The first-order chi connectivity index (χ1) is 9.22. The molecule has 0 spiro atoms. The van der Waals surface area contributed by atoms with Gasteiger partial charge in [0.2, 0.25) is 6.79 Å². The highest BCUT2D eigenvalue weighted by Crippen LogP contribution is 2.37. The summed E-state index contributed by atoms with van der Waals surface area (Å²) >= 11 is 0. The lowest BCUT2D eigenvalue weighted by Gasteiger charge is -2.23. The Hall–Kier alpha value is -1.97. The maximum absolute atomic E-state index is 11.1. The normalized spacial score (nSPS) is 14.8. The van der Waals surface area contributed by atoms with E-state index in [1.165, 1.54) is 0 Å². The van der Waals surface area contributed by atoms with E-state index in [9.17, 15) is 4.79 Å². The van der Waals surface area contributed by atoms with Crippen molar-refractivity contribution < 1.29 is 19.4 Å². The maximum Gasteiger partial charge on any atom is 0.312 e. The Balaban J connectivity index is 2.26. The van der Waals surface area contributed by atoms with Crippen LogP contribution in [-0.4, -0.2) is 17.9 Å². The quantitative estimate of drug-likeness (QED) is 0.857. The number of fused-ring (bicyclic) bond motifs is 1. The monoisotopic (exact) mass is 276 g/mol. The molecule has 0 saturated heterocycles. The molecule has 0 radical (unpaired) electrons. The van der Waals surface area contributed by atoms with E-state index in [1.54, 1.807) is 19.9 Å². The van der Waals surface area contributed by atoms with Crippen LogP contribution in [0.4, 0.5) is 0 Å². The number of hydrogen-bond donors (Lipinski definition) is 1. The first-order valence-corrected chi connectivity index (χ1v) is 6.56. The lowest BCUT2D eigenvalue weighted by molar-refractivity contribution is -0.144. The standard InChI is InChI=1S/C16H20O4/c1-15(2,7-8-16(3,4)14(17)18)11-5-6-12-13(9-11)20-10-19-12/h5-9H,10H2,1-4H3,(H,17,18)/b8-7+. The van der Waals surface area contributed by atoms with Gasteiger partial charge in [-0.3, -0.25) is 4.79 Å². The smallest absolute Gasteiger partial charge is 0.312 e. The van der Waals surface area contributed by atoms with E-state index in [2.05, 4.69) is 0 Å². The molecule has 0 unspecified atom stereocenters. The summed E-state index contributed by atoms with van der Waals surface area (Å²) in [5, 5.41) is 9.15. The Morgan fingerprint density at radius 1 is 1.15 bits per heavy atom. The van der Waals surface area contributed by atoms with E-state index in [0.717, 1.165) is 17.1 Å². The maximum atomic E-state index is 11.1. The van der Waals surface area contributed by atoms with Gasteiger partial charge in [0.15, 0.2) is 11.5 Å². The average Bonchev–Trinajstić information content (AvgIpc) is 2.83. The summed E-state index contributed by atoms with van der Waals surface area (Å²) in [7, 11) is 0. The van der Waals surface area contributed by atoms with Gasteiger partial charge in [-0.25, -0.2) is 0 Å². The van der Waals surface area contributed by atoms with Crippen LogP contribution in [0.5, 0.6) is 11.5 Å². The van der Waals surface area contributed by atoms with Crippen LogP contribution < -0.4 is 9.47 Å². The molecular weight excluding hydrogens is 256 g/mol. The van der Waals surface area contributed by atoms with Crippen molar-refractivity contribution in [2.24, 2.45) is 5.41 Å². The molecule has 1 aliphatic heterocycles. The van der Waals surface area contributed by atoms with Crippen LogP contribution >= 0.6 is 0 Å². The molecule has 0 aliphatic carbocycles. The van der Waals surface area contributed by atoms with E-state index in [0.29, 0.717) is 0 Å². The van der Waals surface area contributed by atoms with Crippen LogP contribution in [0.3, 0.4) is 0 Å². The molecule has 2 rings (SSSR count). The van der Waals surface area contributed by atoms with Gasteiger partial charge in [-0.2, -0.15) is 0 Å². The second-order valence-electron chi connectivity index (χ2n) is 6.15. The summed E-state index contributed by atoms with van der Waals surface area (Å²) in [5.74, 6) is 0.649. The summed E-state index contributed by atoms with van der Waals surface area (Å²) < 4.78 is 10.7. The van der Waals surface area contributed by atoms with Gasteiger partial charge < -0.3 is 14.6 Å². The van der Waals surface area contributed by atoms with Gasteiger partial charge in [-0.1, -0.05) is 32.1 Å². The fraction of sp³-hybridized carbons (Fsp3) is 0.438. The number of carbonyl (C=O) groups is 1. The van der Waals surface area contributed by atoms with Crippen molar-refractivity contribution in [3.63, 3.8) is 0 Å². The molecule has 1 aliphatic rings. The van der Waals surface area contributed by atoms with Gasteiger partial charge in [0.05, 0.1) is 5.41 Å². The number of rotatable bonds is 4. The number of allylic oxidation sites excluding steroid dienone is 1. The molecule has 4 heteroatoms. The Morgan fingerprint density at radius 2 is 1.80 bits per heavy atom. The van der Waals surface area contributed by atoms with Gasteiger partial charge in [-0.05, 0) is 31.5 Å². The van der Waals surface area contributed by atoms with Crippen molar-refractivity contribution in [3.05, 3.63) is 35.9 Å². The van der Waals surface area contributed by atoms with E-state index in [4.69, 9.17) is 14.6 Å². The molecule has 4 nitrogen and oxygen atoms in total. The largest absolute Gasteiger partial charge is 0.481 e. The summed E-state index contributed by atoms with van der Waals surface area (Å²) in [4.78, 5) is 11.1. The van der Waals surface area contributed by atoms with Crippen molar-refractivity contribution in [2.45, 2.75) is 33.1 Å². The molecule has 0 atom stereocenters. The Kier molecular flexibility index (Phi) is 3.50. The molecule has 0 fully saturated rings. The number of ether oxygens (including phenoxy) is 2. The Bertz CT molecular complexity index is 556. The highest BCUT2D eigenvalue weighted by Gasteiger charge is 2.26. The number of aliphatic carboxylic acids is 1. The predicted molar refractivity (Wildman–Crippen MR) is 76.1 cm³/mol. The second-order valence-corrected chi connectivity index (χ2v) is 6.15. The minimum atomic E-state index is -0.881. The van der Waals surface area contributed by atoms with Crippen molar-refractivity contribution in [3.8, 4) is 11.5 Å². The average molecular weight is 276 g/mol. The molecule has 0 aromatic heterocycles. The molecule has 20 heavy (non-hydrogen) atoms. The van der Waals surface area contributed by atoms with Gasteiger partial charge in [0.1, 0.15) is 0 Å². The Morgan fingerprint density at radius 3 is 2.45 bits per heavy atom. The highest BCUT2D eigenvalue weighted by molar-refractivity contribution is 5.76. The zero-order chi connectivity index (χ0) is 15.0. The minimum absolute atomic E-state index is 0.251. The third-order valence-electron chi connectivity index (χ3n) is 3.58. The van der Waals surface area contributed by atoms with E-state index in [1.807, 2.05) is 38.1 Å². The van der Waals surface area contributed by atoms with Crippen molar-refractivity contribution in [1.82, 2.24) is 0 Å². The van der Waals surface area contributed by atoms with Gasteiger partial charge in [0.25, 0.3) is 0 Å². The van der Waals surface area contributed by atoms with Crippen LogP contribution in [0, 0.1) is 5.41 Å². The lowest BCUT2D eigenvalue weighted by atomic mass is 9.81. The summed E-state index contributed by atoms with van der Waals surface area (Å²) in [5.41, 5.74) is -0.111. The Labute approximate surface area is 119 Å². The number of benzene rings is 1. The molecular formula is C16H20O4.